The molecule has 7 rings (SSSR count). The van der Waals surface area contributed by atoms with Gasteiger partial charge in [-0.15, -0.1) is 0 Å². The molecule has 0 N–H and O–H groups in total. The number of aliphatic imine (C=N–C) groups is 2. The summed E-state index contributed by atoms with van der Waals surface area (Å²) in [5.74, 6) is 1.53. The van der Waals surface area contributed by atoms with Gasteiger partial charge in [-0.1, -0.05) is 78.9 Å². The highest BCUT2D eigenvalue weighted by atomic mass is 16.5. The van der Waals surface area contributed by atoms with E-state index in [1.807, 2.05) is 0 Å². The molecule has 0 radical (unpaired) electrons. The van der Waals surface area contributed by atoms with Crippen molar-refractivity contribution in [2.75, 3.05) is 0 Å². The highest BCUT2D eigenvalue weighted by molar-refractivity contribution is 6.06. The molecule has 4 atom stereocenters. The molecule has 4 aliphatic rings. The largest absolute Gasteiger partial charge is 0.474 e. The lowest BCUT2D eigenvalue weighted by Gasteiger charge is -2.29. The Hall–Kier alpha value is -3.40. The van der Waals surface area contributed by atoms with Crippen LogP contribution in [0.1, 0.15) is 46.8 Å². The average Bonchev–Trinajstić information content (AvgIpc) is 3.58. The summed E-state index contributed by atoms with van der Waals surface area (Å²) in [6, 6.07) is 27.8. The van der Waals surface area contributed by atoms with Crippen LogP contribution in [0.15, 0.2) is 88.8 Å². The third kappa shape index (κ3) is 2.90. The highest BCUT2D eigenvalue weighted by Crippen LogP contribution is 2.47. The molecule has 0 unspecified atom stereocenters. The van der Waals surface area contributed by atoms with Crippen LogP contribution in [-0.4, -0.2) is 24.0 Å². The Balaban J connectivity index is 1.29. The van der Waals surface area contributed by atoms with Crippen molar-refractivity contribution in [2.45, 2.75) is 50.5 Å². The lowest BCUT2D eigenvalue weighted by Crippen LogP contribution is -2.41. The van der Waals surface area contributed by atoms with Crippen molar-refractivity contribution in [1.82, 2.24) is 0 Å². The van der Waals surface area contributed by atoms with E-state index in [4.69, 9.17) is 19.5 Å². The van der Waals surface area contributed by atoms with Gasteiger partial charge in [-0.3, -0.25) is 0 Å². The van der Waals surface area contributed by atoms with Gasteiger partial charge in [0, 0.05) is 12.8 Å². The van der Waals surface area contributed by atoms with Gasteiger partial charge < -0.3 is 9.47 Å². The molecule has 164 valence electrons. The fraction of sp³-hybridized carbons (Fsp3) is 0.310. The van der Waals surface area contributed by atoms with Crippen LogP contribution in [0.2, 0.25) is 0 Å². The van der Waals surface area contributed by atoms with Gasteiger partial charge in [0.2, 0.25) is 0 Å². The molecule has 0 spiro atoms. The number of fused-ring (bicyclic) bond motifs is 6. The first-order valence-electron chi connectivity index (χ1n) is 11.9. The maximum atomic E-state index is 6.60. The van der Waals surface area contributed by atoms with Gasteiger partial charge in [-0.2, -0.15) is 0 Å². The van der Waals surface area contributed by atoms with E-state index >= 15 is 0 Å². The Morgan fingerprint density at radius 1 is 0.697 bits per heavy atom. The number of ether oxygens (including phenoxy) is 2. The van der Waals surface area contributed by atoms with Crippen molar-refractivity contribution in [3.63, 3.8) is 0 Å². The Bertz CT molecular complexity index is 1220. The zero-order valence-corrected chi connectivity index (χ0v) is 18.6. The predicted octanol–water partition coefficient (Wildman–Crippen LogP) is 5.42. The Kier molecular flexibility index (Phi) is 4.08. The summed E-state index contributed by atoms with van der Waals surface area (Å²) in [6.45, 7) is 2.19. The van der Waals surface area contributed by atoms with E-state index in [-0.39, 0.29) is 24.3 Å². The van der Waals surface area contributed by atoms with Gasteiger partial charge in [0.1, 0.15) is 29.7 Å². The molecule has 2 heterocycles. The van der Waals surface area contributed by atoms with Crippen LogP contribution < -0.4 is 0 Å². The van der Waals surface area contributed by atoms with Gasteiger partial charge in [0.05, 0.1) is 0 Å². The fourth-order valence-corrected chi connectivity index (χ4v) is 5.98. The quantitative estimate of drug-likeness (QED) is 0.550. The number of benzene rings is 3. The maximum Gasteiger partial charge on any atom is 0.200 e. The van der Waals surface area contributed by atoms with E-state index in [0.29, 0.717) is 0 Å². The topological polar surface area (TPSA) is 43.2 Å². The van der Waals surface area contributed by atoms with Gasteiger partial charge in [0.15, 0.2) is 11.8 Å². The summed E-state index contributed by atoms with van der Waals surface area (Å²) in [4.78, 5) is 10.4. The molecule has 0 bridgehead atoms. The molecule has 2 aliphatic carbocycles. The molecule has 0 amide bonds. The molecular weight excluding hydrogens is 408 g/mol. The van der Waals surface area contributed by atoms with Gasteiger partial charge in [0.25, 0.3) is 0 Å². The monoisotopic (exact) mass is 434 g/mol. The summed E-state index contributed by atoms with van der Waals surface area (Å²) in [5.41, 5.74) is 5.97. The zero-order chi connectivity index (χ0) is 22.0. The summed E-state index contributed by atoms with van der Waals surface area (Å²) in [5, 5.41) is 0. The van der Waals surface area contributed by atoms with Crippen molar-refractivity contribution in [2.24, 2.45) is 15.4 Å². The van der Waals surface area contributed by atoms with Crippen molar-refractivity contribution in [1.29, 1.82) is 0 Å². The first-order chi connectivity index (χ1) is 16.2. The number of rotatable bonds is 4. The van der Waals surface area contributed by atoms with Crippen molar-refractivity contribution < 1.29 is 9.47 Å². The average molecular weight is 435 g/mol. The zero-order valence-electron chi connectivity index (χ0n) is 18.6. The second-order valence-electron chi connectivity index (χ2n) is 9.87. The third-order valence-corrected chi connectivity index (χ3v) is 7.68. The van der Waals surface area contributed by atoms with E-state index < -0.39 is 5.41 Å². The highest BCUT2D eigenvalue weighted by Gasteiger charge is 2.52. The molecule has 3 aromatic rings. The van der Waals surface area contributed by atoms with E-state index in [9.17, 15) is 0 Å². The third-order valence-electron chi connectivity index (χ3n) is 7.68. The molecule has 0 saturated heterocycles. The second kappa shape index (κ2) is 7.05. The number of nitrogens with zero attached hydrogens (tertiary/aromatic N) is 2. The first kappa shape index (κ1) is 19.1. The lowest BCUT2D eigenvalue weighted by molar-refractivity contribution is 0.166. The van der Waals surface area contributed by atoms with Crippen LogP contribution in [0.3, 0.4) is 0 Å². The van der Waals surface area contributed by atoms with Crippen LogP contribution in [-0.2, 0) is 28.7 Å². The standard InChI is InChI=1S/C29H26N2O2/c1-29(17-18-9-3-2-4-10-18,27-30-25-21-13-7-5-11-19(21)15-23(25)32-27)28-31-26-22-14-8-6-12-20(22)16-24(26)33-28/h2-14,23-26H,15-17H2,1H3/t23-,24-,25+,26+/m0/s1. The van der Waals surface area contributed by atoms with Crippen molar-refractivity contribution in [3.05, 3.63) is 107 Å². The minimum absolute atomic E-state index is 0.0635. The van der Waals surface area contributed by atoms with Crippen LogP contribution in [0, 0.1) is 5.41 Å². The maximum absolute atomic E-state index is 6.60. The molecule has 0 aromatic heterocycles. The molecule has 4 heteroatoms. The van der Waals surface area contributed by atoms with Gasteiger partial charge in [-0.25, -0.2) is 9.98 Å². The minimum atomic E-state index is -0.542. The summed E-state index contributed by atoms with van der Waals surface area (Å²) in [6.07, 6.45) is 2.68. The van der Waals surface area contributed by atoms with E-state index in [1.54, 1.807) is 0 Å². The first-order valence-corrected chi connectivity index (χ1v) is 11.9. The molecule has 0 saturated carbocycles. The van der Waals surface area contributed by atoms with E-state index in [2.05, 4.69) is 85.8 Å². The second-order valence-corrected chi connectivity index (χ2v) is 9.87. The summed E-state index contributed by atoms with van der Waals surface area (Å²) in [7, 11) is 0. The van der Waals surface area contributed by atoms with Crippen molar-refractivity contribution in [3.8, 4) is 0 Å². The molecule has 0 fully saturated rings. The SMILES string of the molecule is CC(Cc1ccccc1)(C1=N[C@@H]2c3ccccc3C[C@@H]2O1)C1=N[C@@H]2c3ccccc3C[C@@H]2O1. The van der Waals surface area contributed by atoms with Crippen LogP contribution >= 0.6 is 0 Å². The minimum Gasteiger partial charge on any atom is -0.474 e. The van der Waals surface area contributed by atoms with Crippen LogP contribution in [0.4, 0.5) is 0 Å². The summed E-state index contributed by atoms with van der Waals surface area (Å²) >= 11 is 0. The molecule has 2 aliphatic heterocycles. The molecular formula is C29H26N2O2. The van der Waals surface area contributed by atoms with Gasteiger partial charge >= 0.3 is 0 Å². The molecule has 33 heavy (non-hydrogen) atoms. The smallest absolute Gasteiger partial charge is 0.200 e. The number of hydrogen-bond donors (Lipinski definition) is 0. The Morgan fingerprint density at radius 2 is 1.18 bits per heavy atom. The number of hydrogen-bond acceptors (Lipinski definition) is 4. The van der Waals surface area contributed by atoms with Crippen molar-refractivity contribution >= 4 is 11.8 Å². The molecule has 4 nitrogen and oxygen atoms in total. The van der Waals surface area contributed by atoms with E-state index in [0.717, 1.165) is 31.1 Å². The van der Waals surface area contributed by atoms with Gasteiger partial charge in [-0.05, 0) is 41.2 Å². The lowest BCUT2D eigenvalue weighted by atomic mass is 9.82. The van der Waals surface area contributed by atoms with E-state index in [1.165, 1.54) is 27.8 Å². The normalized spacial score (nSPS) is 26.5. The predicted molar refractivity (Wildman–Crippen MR) is 129 cm³/mol. The van der Waals surface area contributed by atoms with Crippen LogP contribution in [0.5, 0.6) is 0 Å². The Labute approximate surface area is 194 Å². The summed E-state index contributed by atoms with van der Waals surface area (Å²) < 4.78 is 13.2. The fourth-order valence-electron chi connectivity index (χ4n) is 5.98. The Morgan fingerprint density at radius 3 is 1.73 bits per heavy atom. The van der Waals surface area contributed by atoms with Crippen LogP contribution in [0.25, 0.3) is 0 Å². The molecule has 3 aromatic carbocycles.